The highest BCUT2D eigenvalue weighted by molar-refractivity contribution is 14.1. The minimum absolute atomic E-state index is 0.299. The van der Waals surface area contributed by atoms with Gasteiger partial charge in [-0.1, -0.05) is 12.1 Å². The Labute approximate surface area is 144 Å². The van der Waals surface area contributed by atoms with Gasteiger partial charge in [0.1, 0.15) is 17.4 Å². The molecule has 0 aromatic heterocycles. The third kappa shape index (κ3) is 6.50. The van der Waals surface area contributed by atoms with Crippen molar-refractivity contribution in [1.82, 2.24) is 5.32 Å². The molecule has 1 rings (SSSR count). The molecule has 0 heterocycles. The van der Waals surface area contributed by atoms with Gasteiger partial charge >= 0.3 is 12.1 Å². The summed E-state index contributed by atoms with van der Waals surface area (Å²) in [6.07, 6.45) is -0.358. The summed E-state index contributed by atoms with van der Waals surface area (Å²) in [7, 11) is 1.28. The van der Waals surface area contributed by atoms with Gasteiger partial charge in [0.25, 0.3) is 0 Å². The molecule has 0 bridgehead atoms. The molecule has 0 aliphatic heterocycles. The molecule has 0 radical (unpaired) electrons. The van der Waals surface area contributed by atoms with Crippen LogP contribution < -0.4 is 8.38 Å². The predicted molar refractivity (Wildman–Crippen MR) is 90.0 cm³/mol. The van der Waals surface area contributed by atoms with Crippen molar-refractivity contribution in [3.8, 4) is 5.75 Å². The van der Waals surface area contributed by atoms with Crippen LogP contribution >= 0.6 is 23.0 Å². The number of methoxy groups -OCH3 is 1. The van der Waals surface area contributed by atoms with Gasteiger partial charge in [-0.15, -0.1) is 0 Å². The Morgan fingerprint density at radius 1 is 1.23 bits per heavy atom. The van der Waals surface area contributed by atoms with Crippen molar-refractivity contribution in [1.29, 1.82) is 0 Å². The second-order valence-corrected chi connectivity index (χ2v) is 6.09. The second-order valence-electron chi connectivity index (χ2n) is 5.65. The molecule has 0 saturated carbocycles. The highest BCUT2D eigenvalue weighted by atomic mass is 127. The Bertz CT molecular complexity index is 510. The van der Waals surface area contributed by atoms with Crippen molar-refractivity contribution in [3.63, 3.8) is 0 Å². The molecule has 22 heavy (non-hydrogen) atoms. The Balaban J connectivity index is 2.75. The van der Waals surface area contributed by atoms with Crippen molar-refractivity contribution < 1.29 is 22.1 Å². The number of hydrogen-bond acceptors (Lipinski definition) is 5. The van der Waals surface area contributed by atoms with Gasteiger partial charge in [0.2, 0.25) is 0 Å². The minimum atomic E-state index is -0.814. The first kappa shape index (κ1) is 18.5. The Hall–Kier alpha value is -1.51. The van der Waals surface area contributed by atoms with Gasteiger partial charge in [-0.3, -0.25) is 0 Å². The lowest BCUT2D eigenvalue weighted by Gasteiger charge is -2.22. The van der Waals surface area contributed by atoms with Crippen LogP contribution in [0.25, 0.3) is 0 Å². The minimum Gasteiger partial charge on any atom is -0.467 e. The fourth-order valence-corrected chi connectivity index (χ4v) is 1.99. The Kier molecular flexibility index (Phi) is 6.92. The summed E-state index contributed by atoms with van der Waals surface area (Å²) in [6.45, 7) is 5.26. The summed E-state index contributed by atoms with van der Waals surface area (Å²) in [4.78, 5) is 23.6. The van der Waals surface area contributed by atoms with Crippen LogP contribution in [0.1, 0.15) is 26.3 Å². The average molecular weight is 421 g/mol. The van der Waals surface area contributed by atoms with Crippen molar-refractivity contribution in [2.75, 3.05) is 7.11 Å². The van der Waals surface area contributed by atoms with E-state index in [0.717, 1.165) is 5.56 Å². The highest BCUT2D eigenvalue weighted by Crippen LogP contribution is 2.16. The van der Waals surface area contributed by atoms with Gasteiger partial charge in [-0.2, -0.15) is 0 Å². The average Bonchev–Trinajstić information content (AvgIpc) is 2.44. The van der Waals surface area contributed by atoms with Crippen LogP contribution in [0.3, 0.4) is 0 Å². The molecule has 7 heteroatoms. The third-order valence-electron chi connectivity index (χ3n) is 2.63. The van der Waals surface area contributed by atoms with Crippen molar-refractivity contribution >= 4 is 35.1 Å². The van der Waals surface area contributed by atoms with E-state index in [1.54, 1.807) is 55.9 Å². The summed E-state index contributed by atoms with van der Waals surface area (Å²) in [5.41, 5.74) is 0.230. The van der Waals surface area contributed by atoms with E-state index in [1.807, 2.05) is 12.1 Å². The number of benzene rings is 1. The smallest absolute Gasteiger partial charge is 0.408 e. The lowest BCUT2D eigenvalue weighted by molar-refractivity contribution is -0.143. The molecular formula is C15H20INO5. The number of rotatable bonds is 5. The van der Waals surface area contributed by atoms with Crippen molar-refractivity contribution in [3.05, 3.63) is 29.8 Å². The van der Waals surface area contributed by atoms with E-state index < -0.39 is 23.7 Å². The van der Waals surface area contributed by atoms with E-state index in [2.05, 4.69) is 5.32 Å². The van der Waals surface area contributed by atoms with Gasteiger partial charge in [-0.05, 0) is 38.5 Å². The second kappa shape index (κ2) is 8.21. The number of carbonyl (C=O) groups is 2. The quantitative estimate of drug-likeness (QED) is 0.585. The number of ether oxygens (including phenoxy) is 2. The zero-order chi connectivity index (χ0) is 16.8. The normalized spacial score (nSPS) is 12.2. The zero-order valence-electron chi connectivity index (χ0n) is 13.0. The Morgan fingerprint density at radius 3 is 2.27 bits per heavy atom. The van der Waals surface area contributed by atoms with Crippen LogP contribution in [0.4, 0.5) is 4.79 Å². The molecule has 1 aromatic carbocycles. The first-order valence-corrected chi connectivity index (χ1v) is 7.58. The molecule has 1 unspecified atom stereocenters. The largest absolute Gasteiger partial charge is 0.467 e. The van der Waals surface area contributed by atoms with Crippen molar-refractivity contribution in [2.45, 2.75) is 38.8 Å². The fourth-order valence-electron chi connectivity index (χ4n) is 1.70. The number of amides is 1. The molecule has 0 fully saturated rings. The van der Waals surface area contributed by atoms with Crippen LogP contribution in [0.2, 0.25) is 0 Å². The lowest BCUT2D eigenvalue weighted by Crippen LogP contribution is -2.45. The molecular weight excluding hydrogens is 401 g/mol. The third-order valence-corrected chi connectivity index (χ3v) is 3.14. The molecule has 0 saturated heterocycles. The van der Waals surface area contributed by atoms with Crippen LogP contribution in [-0.2, 0) is 20.7 Å². The molecule has 1 aromatic rings. The predicted octanol–water partition coefficient (Wildman–Crippen LogP) is 3.02. The molecule has 0 aliphatic rings. The molecule has 6 nitrogen and oxygen atoms in total. The van der Waals surface area contributed by atoms with Crippen LogP contribution in [0.5, 0.6) is 5.75 Å². The summed E-state index contributed by atoms with van der Waals surface area (Å²) >= 11 is 1.79. The first-order chi connectivity index (χ1) is 10.2. The highest BCUT2D eigenvalue weighted by Gasteiger charge is 2.25. The number of nitrogens with one attached hydrogen (secondary N) is 1. The zero-order valence-corrected chi connectivity index (χ0v) is 15.2. The summed E-state index contributed by atoms with van der Waals surface area (Å²) in [5, 5.41) is 2.53. The first-order valence-electron chi connectivity index (χ1n) is 6.70. The SMILES string of the molecule is COC(=O)C(Cc1ccc(OI)cc1)NC(=O)OC(C)(C)C. The van der Waals surface area contributed by atoms with Crippen molar-refractivity contribution in [2.24, 2.45) is 0 Å². The van der Waals surface area contributed by atoms with E-state index in [0.29, 0.717) is 12.2 Å². The molecule has 0 spiro atoms. The van der Waals surface area contributed by atoms with E-state index in [9.17, 15) is 9.59 Å². The molecule has 1 N–H and O–H groups in total. The van der Waals surface area contributed by atoms with E-state index in [-0.39, 0.29) is 0 Å². The maximum Gasteiger partial charge on any atom is 0.408 e. The summed E-state index contributed by atoms with van der Waals surface area (Å²) in [5.74, 6) is 0.180. The van der Waals surface area contributed by atoms with Gasteiger partial charge in [0.05, 0.1) is 7.11 Å². The number of carbonyl (C=O) groups excluding carboxylic acids is 2. The number of alkyl carbamates (subject to hydrolysis) is 1. The van der Waals surface area contributed by atoms with Crippen LogP contribution in [0.15, 0.2) is 24.3 Å². The number of halogens is 1. The van der Waals surface area contributed by atoms with Crippen LogP contribution in [0, 0.1) is 0 Å². The monoisotopic (exact) mass is 421 g/mol. The Morgan fingerprint density at radius 2 is 1.82 bits per heavy atom. The number of esters is 1. The molecule has 1 atom stereocenters. The standard InChI is InChI=1S/C15H20INO5/c1-15(2,3)21-14(19)17-12(13(18)20-4)9-10-5-7-11(22-16)8-6-10/h5-8,12H,9H2,1-4H3,(H,17,19). The molecule has 122 valence electrons. The van der Waals surface area contributed by atoms with Gasteiger partial charge < -0.3 is 17.9 Å². The van der Waals surface area contributed by atoms with E-state index in [4.69, 9.17) is 12.5 Å². The number of hydrogen-bond donors (Lipinski definition) is 1. The summed E-state index contributed by atoms with van der Waals surface area (Å²) < 4.78 is 14.9. The topological polar surface area (TPSA) is 73.9 Å². The lowest BCUT2D eigenvalue weighted by atomic mass is 10.1. The van der Waals surface area contributed by atoms with Gasteiger partial charge in [0.15, 0.2) is 23.0 Å². The maximum absolute atomic E-state index is 11.8. The molecule has 1 amide bonds. The van der Waals surface area contributed by atoms with Gasteiger partial charge in [-0.25, -0.2) is 9.59 Å². The van der Waals surface area contributed by atoms with E-state index >= 15 is 0 Å². The fraction of sp³-hybridized carbons (Fsp3) is 0.467. The molecule has 0 aliphatic carbocycles. The maximum atomic E-state index is 11.8. The van der Waals surface area contributed by atoms with Crippen LogP contribution in [-0.4, -0.2) is 30.8 Å². The summed E-state index contributed by atoms with van der Waals surface area (Å²) in [6, 6.07) is 6.39. The van der Waals surface area contributed by atoms with Gasteiger partial charge in [0, 0.05) is 6.42 Å². The van der Waals surface area contributed by atoms with E-state index in [1.165, 1.54) is 7.11 Å².